The second-order valence-corrected chi connectivity index (χ2v) is 6.33. The molecule has 20 heavy (non-hydrogen) atoms. The Balaban J connectivity index is 1.74. The summed E-state index contributed by atoms with van der Waals surface area (Å²) in [5.41, 5.74) is 1.58. The highest BCUT2D eigenvalue weighted by Crippen LogP contribution is 2.26. The molecular formula is C18H32N2. The summed E-state index contributed by atoms with van der Waals surface area (Å²) in [4.78, 5) is 2.60. The molecule has 2 heteroatoms. The molecule has 0 radical (unpaired) electrons. The van der Waals surface area contributed by atoms with Gasteiger partial charge in [0, 0.05) is 26.2 Å². The van der Waals surface area contributed by atoms with Crippen molar-refractivity contribution in [2.24, 2.45) is 5.92 Å². The van der Waals surface area contributed by atoms with Gasteiger partial charge in [-0.2, -0.15) is 0 Å². The summed E-state index contributed by atoms with van der Waals surface area (Å²) >= 11 is 0. The fourth-order valence-electron chi connectivity index (χ4n) is 3.48. The van der Waals surface area contributed by atoms with E-state index >= 15 is 0 Å². The molecule has 114 valence electrons. The van der Waals surface area contributed by atoms with Gasteiger partial charge in [-0.15, -0.1) is 0 Å². The molecule has 1 aliphatic carbocycles. The number of hydrogen-bond donors (Lipinski definition) is 1. The van der Waals surface area contributed by atoms with Crippen molar-refractivity contribution in [1.82, 2.24) is 10.2 Å². The Morgan fingerprint density at radius 1 is 1.15 bits per heavy atom. The molecule has 1 N–H and O–H groups in total. The van der Waals surface area contributed by atoms with E-state index in [4.69, 9.17) is 0 Å². The lowest BCUT2D eigenvalue weighted by atomic mass is 9.87. The van der Waals surface area contributed by atoms with E-state index in [1.807, 2.05) is 0 Å². The molecule has 0 aromatic rings. The van der Waals surface area contributed by atoms with E-state index in [-0.39, 0.29) is 0 Å². The van der Waals surface area contributed by atoms with Gasteiger partial charge in [-0.3, -0.25) is 0 Å². The van der Waals surface area contributed by atoms with Crippen molar-refractivity contribution in [3.05, 3.63) is 23.8 Å². The lowest BCUT2D eigenvalue weighted by molar-refractivity contribution is 0.238. The average molecular weight is 276 g/mol. The number of rotatable bonds is 6. The predicted molar refractivity (Wildman–Crippen MR) is 88.0 cm³/mol. The van der Waals surface area contributed by atoms with Gasteiger partial charge in [0.1, 0.15) is 0 Å². The lowest BCUT2D eigenvalue weighted by Gasteiger charge is -2.27. The third-order valence-electron chi connectivity index (χ3n) is 4.63. The third-order valence-corrected chi connectivity index (χ3v) is 4.63. The molecule has 0 atom stereocenters. The van der Waals surface area contributed by atoms with Gasteiger partial charge in [0.05, 0.1) is 0 Å². The van der Waals surface area contributed by atoms with E-state index in [9.17, 15) is 0 Å². The molecule has 1 aliphatic heterocycles. The van der Waals surface area contributed by atoms with E-state index in [0.717, 1.165) is 5.92 Å². The zero-order chi connectivity index (χ0) is 14.0. The van der Waals surface area contributed by atoms with Gasteiger partial charge in [-0.1, -0.05) is 43.1 Å². The predicted octanol–water partition coefficient (Wildman–Crippen LogP) is 3.75. The molecule has 2 nitrogen and oxygen atoms in total. The van der Waals surface area contributed by atoms with E-state index in [1.54, 1.807) is 5.57 Å². The fraction of sp³-hybridized carbons (Fsp3) is 0.778. The molecular weight excluding hydrogens is 244 g/mol. The average Bonchev–Trinajstić information content (AvgIpc) is 2.49. The molecule has 2 fully saturated rings. The van der Waals surface area contributed by atoms with Crippen LogP contribution in [0.15, 0.2) is 23.8 Å². The number of piperazine rings is 1. The Labute approximate surface area is 125 Å². The minimum atomic E-state index is 0.856. The van der Waals surface area contributed by atoms with Gasteiger partial charge in [-0.05, 0) is 45.1 Å². The first-order valence-corrected chi connectivity index (χ1v) is 8.65. The van der Waals surface area contributed by atoms with Gasteiger partial charge in [0.25, 0.3) is 0 Å². The van der Waals surface area contributed by atoms with Gasteiger partial charge >= 0.3 is 0 Å². The monoisotopic (exact) mass is 276 g/mol. The SMILES string of the molecule is C/C=C\C(=C/C1CCCCC1)CCCN1CCNCC1. The molecule has 0 amide bonds. The summed E-state index contributed by atoms with van der Waals surface area (Å²) < 4.78 is 0. The first-order chi connectivity index (χ1) is 9.88. The molecule has 1 saturated carbocycles. The first kappa shape index (κ1) is 15.8. The van der Waals surface area contributed by atoms with Crippen LogP contribution in [0.5, 0.6) is 0 Å². The van der Waals surface area contributed by atoms with Crippen LogP contribution in [0, 0.1) is 5.92 Å². The summed E-state index contributed by atoms with van der Waals surface area (Å²) in [5.74, 6) is 0.856. The number of allylic oxidation sites excluding steroid dienone is 4. The fourth-order valence-corrected chi connectivity index (χ4v) is 3.48. The molecule has 2 rings (SSSR count). The summed E-state index contributed by atoms with van der Waals surface area (Å²) in [6, 6.07) is 0. The van der Waals surface area contributed by atoms with Crippen molar-refractivity contribution < 1.29 is 0 Å². The van der Waals surface area contributed by atoms with Gasteiger partial charge in [-0.25, -0.2) is 0 Å². The van der Waals surface area contributed by atoms with E-state index < -0.39 is 0 Å². The summed E-state index contributed by atoms with van der Waals surface area (Å²) in [7, 11) is 0. The smallest absolute Gasteiger partial charge is 0.0107 e. The highest BCUT2D eigenvalue weighted by molar-refractivity contribution is 5.19. The first-order valence-electron chi connectivity index (χ1n) is 8.65. The molecule has 0 spiro atoms. The maximum atomic E-state index is 3.42. The zero-order valence-corrected chi connectivity index (χ0v) is 13.2. The summed E-state index contributed by atoms with van der Waals surface area (Å²) in [6.45, 7) is 8.20. The van der Waals surface area contributed by atoms with Crippen LogP contribution in [0.3, 0.4) is 0 Å². The Kier molecular flexibility index (Phi) is 7.38. The molecule has 0 bridgehead atoms. The normalized spacial score (nSPS) is 23.6. The van der Waals surface area contributed by atoms with Crippen LogP contribution in [-0.4, -0.2) is 37.6 Å². The summed E-state index contributed by atoms with van der Waals surface area (Å²) in [5, 5.41) is 3.42. The molecule has 1 saturated heterocycles. The Hall–Kier alpha value is -0.600. The van der Waals surface area contributed by atoms with Crippen LogP contribution >= 0.6 is 0 Å². The number of nitrogens with one attached hydrogen (secondary N) is 1. The molecule has 2 aliphatic rings. The second-order valence-electron chi connectivity index (χ2n) is 6.33. The Morgan fingerprint density at radius 3 is 2.60 bits per heavy atom. The standard InChI is InChI=1S/C18H32N2/c1-2-7-17(16-18-8-4-3-5-9-18)10-6-13-20-14-11-19-12-15-20/h2,7,16,18-19H,3-6,8-15H2,1H3/b7-2-,17-16+. The highest BCUT2D eigenvalue weighted by Gasteiger charge is 2.12. The van der Waals surface area contributed by atoms with Crippen LogP contribution in [0.4, 0.5) is 0 Å². The molecule has 0 aromatic carbocycles. The summed E-state index contributed by atoms with van der Waals surface area (Å²) in [6.07, 6.45) is 16.8. The Morgan fingerprint density at radius 2 is 1.90 bits per heavy atom. The van der Waals surface area contributed by atoms with Crippen molar-refractivity contribution in [3.8, 4) is 0 Å². The van der Waals surface area contributed by atoms with E-state index in [1.165, 1.54) is 77.7 Å². The van der Waals surface area contributed by atoms with E-state index in [2.05, 4.69) is 35.4 Å². The van der Waals surface area contributed by atoms with Crippen molar-refractivity contribution in [2.45, 2.75) is 51.9 Å². The molecule has 0 aromatic heterocycles. The number of hydrogen-bond acceptors (Lipinski definition) is 2. The van der Waals surface area contributed by atoms with Gasteiger partial charge in [0.2, 0.25) is 0 Å². The minimum absolute atomic E-state index is 0.856. The van der Waals surface area contributed by atoms with Crippen LogP contribution in [0.1, 0.15) is 51.9 Å². The largest absolute Gasteiger partial charge is 0.314 e. The topological polar surface area (TPSA) is 15.3 Å². The lowest BCUT2D eigenvalue weighted by Crippen LogP contribution is -2.43. The zero-order valence-electron chi connectivity index (χ0n) is 13.2. The molecule has 1 heterocycles. The maximum absolute atomic E-state index is 3.42. The minimum Gasteiger partial charge on any atom is -0.314 e. The van der Waals surface area contributed by atoms with Crippen molar-refractivity contribution in [3.63, 3.8) is 0 Å². The van der Waals surface area contributed by atoms with Crippen molar-refractivity contribution in [1.29, 1.82) is 0 Å². The Bertz CT molecular complexity index is 307. The maximum Gasteiger partial charge on any atom is 0.0107 e. The third kappa shape index (κ3) is 5.80. The van der Waals surface area contributed by atoms with Crippen LogP contribution in [0.25, 0.3) is 0 Å². The number of nitrogens with zero attached hydrogens (tertiary/aromatic N) is 1. The van der Waals surface area contributed by atoms with Crippen LogP contribution in [0.2, 0.25) is 0 Å². The quantitative estimate of drug-likeness (QED) is 0.743. The highest BCUT2D eigenvalue weighted by atomic mass is 15.2. The molecule has 0 unspecified atom stereocenters. The van der Waals surface area contributed by atoms with Crippen LogP contribution in [-0.2, 0) is 0 Å². The van der Waals surface area contributed by atoms with Crippen LogP contribution < -0.4 is 5.32 Å². The second kappa shape index (κ2) is 9.36. The van der Waals surface area contributed by atoms with Gasteiger partial charge < -0.3 is 10.2 Å². The van der Waals surface area contributed by atoms with Crippen molar-refractivity contribution in [2.75, 3.05) is 32.7 Å². The van der Waals surface area contributed by atoms with E-state index in [0.29, 0.717) is 0 Å². The van der Waals surface area contributed by atoms with Gasteiger partial charge in [0.15, 0.2) is 0 Å². The van der Waals surface area contributed by atoms with Crippen molar-refractivity contribution >= 4 is 0 Å².